The molecule has 112 valence electrons. The zero-order valence-corrected chi connectivity index (χ0v) is 12.3. The Bertz CT molecular complexity index is 837. The van der Waals surface area contributed by atoms with E-state index in [4.69, 9.17) is 11.1 Å². The van der Waals surface area contributed by atoms with E-state index in [0.29, 0.717) is 5.56 Å². The molecule has 3 aromatic rings. The first-order valence-electron chi connectivity index (χ1n) is 6.32. The van der Waals surface area contributed by atoms with Crippen molar-refractivity contribution in [1.29, 1.82) is 5.41 Å². The molecule has 0 saturated carbocycles. The van der Waals surface area contributed by atoms with Crippen LogP contribution in [-0.2, 0) is 0 Å². The van der Waals surface area contributed by atoms with Crippen molar-refractivity contribution in [3.05, 3.63) is 60.6 Å². The average Bonchev–Trinajstić information content (AvgIpc) is 2.95. The van der Waals surface area contributed by atoms with Crippen LogP contribution < -0.4 is 11.1 Å². The van der Waals surface area contributed by atoms with Crippen LogP contribution in [0.2, 0.25) is 0 Å². The van der Waals surface area contributed by atoms with Crippen molar-refractivity contribution in [3.8, 4) is 5.82 Å². The Balaban J connectivity index is 0.00000176. The average molecular weight is 316 g/mol. The van der Waals surface area contributed by atoms with E-state index >= 15 is 0 Å². The van der Waals surface area contributed by atoms with E-state index in [-0.39, 0.29) is 18.4 Å². The minimum absolute atomic E-state index is 0. The highest BCUT2D eigenvalue weighted by atomic mass is 35.5. The van der Waals surface area contributed by atoms with Crippen LogP contribution in [0.4, 0.5) is 0 Å². The minimum atomic E-state index is -0.415. The largest absolute Gasteiger partial charge is 0.370 e. The van der Waals surface area contributed by atoms with Gasteiger partial charge in [0.05, 0.1) is 5.56 Å². The van der Waals surface area contributed by atoms with Crippen LogP contribution in [-0.4, -0.2) is 21.4 Å². The number of aromatic nitrogens is 2. The Hall–Kier alpha value is -2.86. The number of hydrogen-bond acceptors (Lipinski definition) is 3. The second kappa shape index (κ2) is 6.28. The van der Waals surface area contributed by atoms with E-state index < -0.39 is 5.91 Å². The monoisotopic (exact) mass is 315 g/mol. The smallest absolute Gasteiger partial charge is 0.259 e. The topological polar surface area (TPSA) is 96.8 Å². The number of nitrogens with two attached hydrogens (primary N) is 1. The molecule has 6 nitrogen and oxygen atoms in total. The van der Waals surface area contributed by atoms with E-state index in [1.54, 1.807) is 29.2 Å². The van der Waals surface area contributed by atoms with Crippen LogP contribution in [0.15, 0.2) is 55.0 Å². The van der Waals surface area contributed by atoms with Crippen molar-refractivity contribution in [2.75, 3.05) is 0 Å². The summed E-state index contributed by atoms with van der Waals surface area (Å²) in [5, 5.41) is 11.4. The Labute approximate surface area is 132 Å². The van der Waals surface area contributed by atoms with E-state index in [1.165, 1.54) is 0 Å². The van der Waals surface area contributed by atoms with Gasteiger partial charge in [-0.15, -0.1) is 12.4 Å². The van der Waals surface area contributed by atoms with Gasteiger partial charge in [-0.05, 0) is 17.5 Å². The van der Waals surface area contributed by atoms with Crippen LogP contribution in [0.1, 0.15) is 10.4 Å². The molecule has 0 unspecified atom stereocenters. The van der Waals surface area contributed by atoms with Crippen LogP contribution in [0, 0.1) is 5.41 Å². The fraction of sp³-hybridized carbons (Fsp3) is 0. The van der Waals surface area contributed by atoms with E-state index in [2.05, 4.69) is 10.3 Å². The molecule has 22 heavy (non-hydrogen) atoms. The molecule has 3 rings (SSSR count). The van der Waals surface area contributed by atoms with Crippen LogP contribution in [0.25, 0.3) is 16.6 Å². The molecular formula is C15H14ClN5O. The quantitative estimate of drug-likeness (QED) is 0.499. The molecule has 1 aromatic carbocycles. The van der Waals surface area contributed by atoms with Gasteiger partial charge in [-0.25, -0.2) is 4.98 Å². The number of rotatable bonds is 2. The summed E-state index contributed by atoms with van der Waals surface area (Å²) in [6, 6.07) is 11.5. The van der Waals surface area contributed by atoms with Crippen molar-refractivity contribution in [2.24, 2.45) is 5.73 Å². The fourth-order valence-corrected chi connectivity index (χ4v) is 2.17. The van der Waals surface area contributed by atoms with Gasteiger partial charge in [-0.2, -0.15) is 0 Å². The molecule has 0 aliphatic heterocycles. The molecule has 0 spiro atoms. The molecular weight excluding hydrogens is 302 g/mol. The summed E-state index contributed by atoms with van der Waals surface area (Å²) in [4.78, 5) is 16.2. The lowest BCUT2D eigenvalue weighted by Gasteiger charge is -2.06. The number of pyridine rings is 1. The Morgan fingerprint density at radius 1 is 1.23 bits per heavy atom. The predicted molar refractivity (Wildman–Crippen MR) is 87.7 cm³/mol. The fourth-order valence-electron chi connectivity index (χ4n) is 2.17. The number of nitrogens with zero attached hydrogens (tertiary/aromatic N) is 2. The molecule has 0 fully saturated rings. The molecule has 4 N–H and O–H groups in total. The molecule has 0 saturated heterocycles. The number of carbonyl (C=O) groups is 1. The summed E-state index contributed by atoms with van der Waals surface area (Å²) >= 11 is 0. The van der Waals surface area contributed by atoms with Gasteiger partial charge in [-0.3, -0.25) is 15.5 Å². The molecule has 0 atom stereocenters. The summed E-state index contributed by atoms with van der Waals surface area (Å²) in [5.74, 6) is -0.0486. The molecule has 0 bridgehead atoms. The molecule has 0 radical (unpaired) electrons. The number of nitrogens with one attached hydrogen (secondary N) is 2. The summed E-state index contributed by atoms with van der Waals surface area (Å²) in [7, 11) is 0. The first-order chi connectivity index (χ1) is 10.1. The van der Waals surface area contributed by atoms with Crippen molar-refractivity contribution in [2.45, 2.75) is 0 Å². The maximum absolute atomic E-state index is 11.8. The maximum atomic E-state index is 11.8. The second-order valence-corrected chi connectivity index (χ2v) is 4.53. The molecule has 0 aliphatic rings. The predicted octanol–water partition coefficient (Wildman–Crippen LogP) is 2.07. The molecule has 1 amide bonds. The lowest BCUT2D eigenvalue weighted by molar-refractivity contribution is 0.0976. The van der Waals surface area contributed by atoms with Crippen molar-refractivity contribution in [3.63, 3.8) is 0 Å². The second-order valence-electron chi connectivity index (χ2n) is 4.53. The van der Waals surface area contributed by atoms with Crippen molar-refractivity contribution >= 4 is 35.0 Å². The highest BCUT2D eigenvalue weighted by molar-refractivity contribution is 6.04. The first kappa shape index (κ1) is 15.5. The van der Waals surface area contributed by atoms with Gasteiger partial charge >= 0.3 is 0 Å². The Kier molecular flexibility index (Phi) is 4.43. The Morgan fingerprint density at radius 2 is 2.00 bits per heavy atom. The SMILES string of the molecule is Cl.N=C(N)NC(=O)c1ccn(-c2nccc3ccccc23)c1. The van der Waals surface area contributed by atoms with E-state index in [9.17, 15) is 4.79 Å². The normalized spacial score (nSPS) is 10.0. The third kappa shape index (κ3) is 2.91. The number of hydrogen-bond donors (Lipinski definition) is 3. The van der Waals surface area contributed by atoms with Gasteiger partial charge < -0.3 is 10.3 Å². The summed E-state index contributed by atoms with van der Waals surface area (Å²) in [6.07, 6.45) is 5.14. The summed E-state index contributed by atoms with van der Waals surface area (Å²) < 4.78 is 1.78. The molecule has 2 heterocycles. The zero-order valence-electron chi connectivity index (χ0n) is 11.5. The molecule has 7 heteroatoms. The third-order valence-corrected chi connectivity index (χ3v) is 3.10. The molecule has 0 aliphatic carbocycles. The van der Waals surface area contributed by atoms with Crippen LogP contribution >= 0.6 is 12.4 Å². The number of benzene rings is 1. The third-order valence-electron chi connectivity index (χ3n) is 3.10. The maximum Gasteiger partial charge on any atom is 0.259 e. The van der Waals surface area contributed by atoms with Crippen LogP contribution in [0.3, 0.4) is 0 Å². The Morgan fingerprint density at radius 3 is 2.77 bits per heavy atom. The lowest BCUT2D eigenvalue weighted by Crippen LogP contribution is -2.35. The molecule has 2 aromatic heterocycles. The van der Waals surface area contributed by atoms with E-state index in [0.717, 1.165) is 16.6 Å². The van der Waals surface area contributed by atoms with Gasteiger partial charge in [0, 0.05) is 24.0 Å². The van der Waals surface area contributed by atoms with Gasteiger partial charge in [0.2, 0.25) is 0 Å². The summed E-state index contributed by atoms with van der Waals surface area (Å²) in [6.45, 7) is 0. The highest BCUT2D eigenvalue weighted by Crippen LogP contribution is 2.20. The highest BCUT2D eigenvalue weighted by Gasteiger charge is 2.10. The number of amides is 1. The van der Waals surface area contributed by atoms with Gasteiger partial charge in [-0.1, -0.05) is 24.3 Å². The van der Waals surface area contributed by atoms with Gasteiger partial charge in [0.15, 0.2) is 5.96 Å². The first-order valence-corrected chi connectivity index (χ1v) is 6.32. The number of guanidine groups is 1. The van der Waals surface area contributed by atoms with Crippen LogP contribution in [0.5, 0.6) is 0 Å². The minimum Gasteiger partial charge on any atom is -0.370 e. The van der Waals surface area contributed by atoms with Crippen molar-refractivity contribution < 1.29 is 4.79 Å². The standard InChI is InChI=1S/C15H13N5O.ClH/c16-15(17)19-14(21)11-6-8-20(9-11)13-12-4-2-1-3-10(12)5-7-18-13;/h1-9H,(H4,16,17,19,21);1H. The number of fused-ring (bicyclic) bond motifs is 1. The van der Waals surface area contributed by atoms with Gasteiger partial charge in [0.25, 0.3) is 5.91 Å². The number of halogens is 1. The van der Waals surface area contributed by atoms with Gasteiger partial charge in [0.1, 0.15) is 5.82 Å². The number of carbonyl (C=O) groups excluding carboxylic acids is 1. The van der Waals surface area contributed by atoms with E-state index in [1.807, 2.05) is 30.3 Å². The lowest BCUT2D eigenvalue weighted by atomic mass is 10.1. The zero-order chi connectivity index (χ0) is 14.8. The summed E-state index contributed by atoms with van der Waals surface area (Å²) in [5.41, 5.74) is 5.57. The van der Waals surface area contributed by atoms with Crippen molar-refractivity contribution in [1.82, 2.24) is 14.9 Å².